The van der Waals surface area contributed by atoms with E-state index < -0.39 is 5.91 Å². The van der Waals surface area contributed by atoms with Crippen molar-refractivity contribution in [3.05, 3.63) is 48.3 Å². The number of anilines is 1. The van der Waals surface area contributed by atoms with Crippen molar-refractivity contribution in [2.24, 2.45) is 0 Å². The number of hydrogen-bond donors (Lipinski definition) is 3. The minimum Gasteiger partial charge on any atom is -0.481 e. The lowest BCUT2D eigenvalue weighted by Crippen LogP contribution is -2.32. The van der Waals surface area contributed by atoms with Crippen molar-refractivity contribution >= 4 is 23.4 Å². The standard InChI is InChI=1S/C24H30N4O8/c29-21-16-35-19-5-3-6-20(23(19)28-24(31)18-4-1-2-7-25-18)36-17-22(30)27-9-11-33-13-15-34-14-12-32-10-8-26-21/h1-7H,8-17H2,(H,26,29)(H,27,30)(H,28,31). The number of hydrogen-bond acceptors (Lipinski definition) is 9. The molecule has 1 aromatic carbocycles. The number of benzene rings is 1. The maximum Gasteiger partial charge on any atom is 0.274 e. The molecule has 0 saturated carbocycles. The van der Waals surface area contributed by atoms with E-state index in [0.717, 1.165) is 0 Å². The van der Waals surface area contributed by atoms with Crippen LogP contribution in [0.1, 0.15) is 10.5 Å². The van der Waals surface area contributed by atoms with E-state index in [9.17, 15) is 14.4 Å². The molecule has 3 rings (SSSR count). The Labute approximate surface area is 208 Å². The Morgan fingerprint density at radius 1 is 0.750 bits per heavy atom. The Kier molecular flexibility index (Phi) is 11.4. The van der Waals surface area contributed by atoms with Crippen molar-refractivity contribution < 1.29 is 38.1 Å². The summed E-state index contributed by atoms with van der Waals surface area (Å²) in [6, 6.07) is 9.70. The van der Waals surface area contributed by atoms with Crippen LogP contribution in [-0.4, -0.2) is 88.7 Å². The molecule has 194 valence electrons. The Bertz CT molecular complexity index is 941. The number of amides is 3. The van der Waals surface area contributed by atoms with E-state index in [-0.39, 0.29) is 47.9 Å². The van der Waals surface area contributed by atoms with Gasteiger partial charge in [0, 0.05) is 19.3 Å². The molecule has 12 heteroatoms. The second-order valence-electron chi connectivity index (χ2n) is 7.41. The van der Waals surface area contributed by atoms with Gasteiger partial charge in [-0.1, -0.05) is 12.1 Å². The number of fused-ring (bicyclic) bond motifs is 2. The van der Waals surface area contributed by atoms with Crippen LogP contribution >= 0.6 is 0 Å². The van der Waals surface area contributed by atoms with Gasteiger partial charge in [-0.15, -0.1) is 0 Å². The minimum atomic E-state index is -0.509. The van der Waals surface area contributed by atoms with Crippen molar-refractivity contribution in [3.8, 4) is 11.5 Å². The van der Waals surface area contributed by atoms with Crippen molar-refractivity contribution in [3.63, 3.8) is 0 Å². The molecule has 0 unspecified atom stereocenters. The van der Waals surface area contributed by atoms with E-state index in [2.05, 4.69) is 20.9 Å². The van der Waals surface area contributed by atoms with Gasteiger partial charge in [0.2, 0.25) is 0 Å². The highest BCUT2D eigenvalue weighted by Crippen LogP contribution is 2.35. The summed E-state index contributed by atoms with van der Waals surface area (Å²) in [4.78, 5) is 41.2. The molecule has 0 fully saturated rings. The maximum absolute atomic E-state index is 12.8. The molecule has 2 bridgehead atoms. The fourth-order valence-electron chi connectivity index (χ4n) is 3.01. The SMILES string of the molecule is O=C1COc2cccc(c2NC(=O)c2ccccn2)OCC(=O)NCCOCCOCCOCCN1. The third kappa shape index (κ3) is 9.49. The molecule has 0 atom stereocenters. The topological polar surface area (TPSA) is 146 Å². The molecule has 3 amide bonds. The number of rotatable bonds is 2. The number of para-hydroxylation sites is 1. The summed E-state index contributed by atoms with van der Waals surface area (Å²) in [6.45, 7) is 2.19. The Morgan fingerprint density at radius 2 is 1.31 bits per heavy atom. The first-order chi connectivity index (χ1) is 17.6. The average molecular weight is 503 g/mol. The molecule has 1 aliphatic rings. The number of aromatic nitrogens is 1. The van der Waals surface area contributed by atoms with E-state index >= 15 is 0 Å². The first-order valence-electron chi connectivity index (χ1n) is 11.5. The van der Waals surface area contributed by atoms with Crippen molar-refractivity contribution in [2.75, 3.05) is 71.3 Å². The zero-order chi connectivity index (χ0) is 25.4. The molecular weight excluding hydrogens is 472 g/mol. The zero-order valence-corrected chi connectivity index (χ0v) is 19.8. The van der Waals surface area contributed by atoms with Gasteiger partial charge < -0.3 is 39.6 Å². The minimum absolute atomic E-state index is 0.169. The molecule has 2 aromatic rings. The monoisotopic (exact) mass is 502 g/mol. The van der Waals surface area contributed by atoms with Crippen LogP contribution < -0.4 is 25.4 Å². The number of carbonyl (C=O) groups excluding carboxylic acids is 3. The second kappa shape index (κ2) is 15.3. The highest BCUT2D eigenvalue weighted by Gasteiger charge is 2.18. The van der Waals surface area contributed by atoms with Crippen molar-refractivity contribution in [2.45, 2.75) is 0 Å². The molecule has 2 heterocycles. The number of carbonyl (C=O) groups is 3. The smallest absolute Gasteiger partial charge is 0.274 e. The van der Waals surface area contributed by atoms with Gasteiger partial charge >= 0.3 is 0 Å². The van der Waals surface area contributed by atoms with Crippen LogP contribution in [0.4, 0.5) is 5.69 Å². The largest absolute Gasteiger partial charge is 0.481 e. The predicted molar refractivity (Wildman–Crippen MR) is 128 cm³/mol. The van der Waals surface area contributed by atoms with E-state index in [0.29, 0.717) is 52.7 Å². The fourth-order valence-corrected chi connectivity index (χ4v) is 3.01. The summed E-state index contributed by atoms with van der Waals surface area (Å²) < 4.78 is 27.5. The molecule has 0 spiro atoms. The summed E-state index contributed by atoms with van der Waals surface area (Å²) in [7, 11) is 0. The predicted octanol–water partition coefficient (Wildman–Crippen LogP) is 0.387. The van der Waals surface area contributed by atoms with E-state index in [1.54, 1.807) is 36.4 Å². The second-order valence-corrected chi connectivity index (χ2v) is 7.41. The third-order valence-electron chi connectivity index (χ3n) is 4.72. The molecule has 12 nitrogen and oxygen atoms in total. The molecular formula is C24H30N4O8. The van der Waals surface area contributed by atoms with Gasteiger partial charge in [-0.2, -0.15) is 0 Å². The molecule has 36 heavy (non-hydrogen) atoms. The van der Waals surface area contributed by atoms with E-state index in [1.165, 1.54) is 6.20 Å². The average Bonchev–Trinajstić information content (AvgIpc) is 2.89. The van der Waals surface area contributed by atoms with Crippen LogP contribution in [0.15, 0.2) is 42.6 Å². The van der Waals surface area contributed by atoms with Gasteiger partial charge in [0.1, 0.15) is 22.9 Å². The van der Waals surface area contributed by atoms with Gasteiger partial charge in [0.05, 0.1) is 39.6 Å². The third-order valence-corrected chi connectivity index (χ3v) is 4.72. The normalized spacial score (nSPS) is 17.1. The molecule has 0 saturated heterocycles. The van der Waals surface area contributed by atoms with Crippen LogP contribution in [0.5, 0.6) is 11.5 Å². The van der Waals surface area contributed by atoms with Crippen LogP contribution in [0.25, 0.3) is 0 Å². The fraction of sp³-hybridized carbons (Fsp3) is 0.417. The lowest BCUT2D eigenvalue weighted by atomic mass is 10.2. The maximum atomic E-state index is 12.8. The Morgan fingerprint density at radius 3 is 1.83 bits per heavy atom. The van der Waals surface area contributed by atoms with Crippen molar-refractivity contribution in [1.29, 1.82) is 0 Å². The van der Waals surface area contributed by atoms with Crippen LogP contribution in [0.2, 0.25) is 0 Å². The lowest BCUT2D eigenvalue weighted by molar-refractivity contribution is -0.123. The number of nitrogens with zero attached hydrogens (tertiary/aromatic N) is 1. The Balaban J connectivity index is 1.71. The van der Waals surface area contributed by atoms with Gasteiger partial charge in [-0.25, -0.2) is 0 Å². The summed E-state index contributed by atoms with van der Waals surface area (Å²) >= 11 is 0. The molecule has 1 aliphatic heterocycles. The first kappa shape index (κ1) is 26.9. The summed E-state index contributed by atoms with van der Waals surface area (Å²) in [5, 5.41) is 8.09. The van der Waals surface area contributed by atoms with Gasteiger partial charge in [-0.3, -0.25) is 19.4 Å². The van der Waals surface area contributed by atoms with E-state index in [1.807, 2.05) is 0 Å². The summed E-state index contributed by atoms with van der Waals surface area (Å²) in [5.74, 6) is -0.874. The Hall–Kier alpha value is -3.74. The zero-order valence-electron chi connectivity index (χ0n) is 19.8. The highest BCUT2D eigenvalue weighted by molar-refractivity contribution is 6.04. The first-order valence-corrected chi connectivity index (χ1v) is 11.5. The van der Waals surface area contributed by atoms with Crippen LogP contribution in [0.3, 0.4) is 0 Å². The summed E-state index contributed by atoms with van der Waals surface area (Å²) in [6.07, 6.45) is 1.49. The van der Waals surface area contributed by atoms with Gasteiger partial charge in [-0.05, 0) is 24.3 Å². The molecule has 0 aliphatic carbocycles. The van der Waals surface area contributed by atoms with Crippen LogP contribution in [-0.2, 0) is 23.8 Å². The summed E-state index contributed by atoms with van der Waals surface area (Å²) in [5.41, 5.74) is 0.342. The number of nitrogens with one attached hydrogen (secondary N) is 3. The highest BCUT2D eigenvalue weighted by atomic mass is 16.5. The van der Waals surface area contributed by atoms with E-state index in [4.69, 9.17) is 23.7 Å². The number of pyridine rings is 1. The molecule has 0 radical (unpaired) electrons. The van der Waals surface area contributed by atoms with Gasteiger partial charge in [0.15, 0.2) is 13.2 Å². The molecule has 3 N–H and O–H groups in total. The quantitative estimate of drug-likeness (QED) is 0.531. The number of ether oxygens (including phenoxy) is 5. The van der Waals surface area contributed by atoms with Crippen molar-refractivity contribution in [1.82, 2.24) is 15.6 Å². The molecule has 1 aromatic heterocycles. The van der Waals surface area contributed by atoms with Crippen LogP contribution in [0, 0.1) is 0 Å². The van der Waals surface area contributed by atoms with Gasteiger partial charge in [0.25, 0.3) is 17.7 Å². The lowest BCUT2D eigenvalue weighted by Gasteiger charge is -2.17.